The van der Waals surface area contributed by atoms with Crippen molar-refractivity contribution in [1.82, 2.24) is 5.32 Å². The SMILES string of the molecule is CI(I)[I-][C@H]1COCCN1. The zero-order chi connectivity index (χ0) is 7.40. The van der Waals surface area contributed by atoms with Crippen LogP contribution in [0.15, 0.2) is 0 Å². The summed E-state index contributed by atoms with van der Waals surface area (Å²) < 4.78 is 6.15. The van der Waals surface area contributed by atoms with E-state index in [4.69, 9.17) is 4.74 Å². The van der Waals surface area contributed by atoms with Crippen LogP contribution < -0.4 is 22.5 Å². The molecule has 2 nitrogen and oxygen atoms in total. The molecule has 1 saturated heterocycles. The van der Waals surface area contributed by atoms with E-state index in [1.165, 1.54) is 0 Å². The molecule has 0 radical (unpaired) electrons. The van der Waals surface area contributed by atoms with Gasteiger partial charge in [-0.15, -0.1) is 0 Å². The second-order valence-corrected chi connectivity index (χ2v) is 35.9. The van der Waals surface area contributed by atoms with Crippen LogP contribution in [0, 0.1) is 0 Å². The first kappa shape index (κ1) is 10.2. The Kier molecular flexibility index (Phi) is 5.81. The fourth-order valence-electron chi connectivity index (χ4n) is 0.724. The van der Waals surface area contributed by atoms with Crippen LogP contribution in [0.25, 0.3) is 0 Å². The third kappa shape index (κ3) is 4.21. The average molecular weight is 482 g/mol. The molecule has 0 bridgehead atoms. The first-order chi connectivity index (χ1) is 4.79. The summed E-state index contributed by atoms with van der Waals surface area (Å²) in [6.07, 6.45) is 0. The first-order valence-electron chi connectivity index (χ1n) is 3.01. The molecule has 64 valence electrons. The molecule has 1 N–H and O–H groups in total. The second-order valence-electron chi connectivity index (χ2n) is 1.92. The van der Waals surface area contributed by atoms with Gasteiger partial charge in [0.1, 0.15) is 0 Å². The van der Waals surface area contributed by atoms with Crippen molar-refractivity contribution in [2.45, 2.75) is 4.05 Å². The van der Waals surface area contributed by atoms with Crippen LogP contribution >= 0.6 is 30.5 Å². The molecule has 5 heteroatoms. The molecule has 1 atom stereocenters. The standard InChI is InChI=1S/C5H11I3NO/c1-8(6)7-5-4-10-3-2-9-5/h5,9H,2-4H2,1H3/q-1/t5-/m1/s1. The number of alkyl halides is 2. The Hall–Kier alpha value is 2.11. The summed E-state index contributed by atoms with van der Waals surface area (Å²) in [6, 6.07) is 0. The minimum absolute atomic E-state index is 0.451. The Balaban J connectivity index is 2.13. The van der Waals surface area contributed by atoms with Crippen LogP contribution in [-0.2, 0) is 4.74 Å². The fraction of sp³-hybridized carbons (Fsp3) is 1.00. The molecule has 0 aromatic carbocycles. The molecule has 0 aromatic rings. The summed E-state index contributed by atoms with van der Waals surface area (Å²) in [7, 11) is 0. The quantitative estimate of drug-likeness (QED) is 0.292. The van der Waals surface area contributed by atoms with Gasteiger partial charge < -0.3 is 0 Å². The van der Waals surface area contributed by atoms with Gasteiger partial charge in [-0.1, -0.05) is 0 Å². The van der Waals surface area contributed by atoms with E-state index in [0.29, 0.717) is 17.2 Å². The Bertz CT molecular complexity index is 94.9. The van der Waals surface area contributed by atoms with Gasteiger partial charge in [-0.3, -0.25) is 0 Å². The minimum atomic E-state index is -0.455. The van der Waals surface area contributed by atoms with Crippen molar-refractivity contribution in [3.8, 4) is 0 Å². The molecule has 0 unspecified atom stereocenters. The Labute approximate surface area is 85.1 Å². The summed E-state index contributed by atoms with van der Waals surface area (Å²) in [6.45, 7) is 2.97. The maximum atomic E-state index is 5.37. The molecule has 0 amide bonds. The van der Waals surface area contributed by atoms with Gasteiger partial charge in [0.05, 0.1) is 0 Å². The molecule has 0 aliphatic carbocycles. The van der Waals surface area contributed by atoms with Gasteiger partial charge >= 0.3 is 86.5 Å². The normalized spacial score (nSPS) is 28.6. The number of hydrogen-bond donors (Lipinski definition) is 1. The molecule has 1 aliphatic rings. The Morgan fingerprint density at radius 1 is 1.80 bits per heavy atom. The zero-order valence-corrected chi connectivity index (χ0v) is 12.2. The van der Waals surface area contributed by atoms with E-state index in [2.05, 4.69) is 28.9 Å². The number of morpholine rings is 1. The van der Waals surface area contributed by atoms with Crippen LogP contribution in [0.3, 0.4) is 0 Å². The number of halogens is 3. The van der Waals surface area contributed by atoms with E-state index >= 15 is 0 Å². The van der Waals surface area contributed by atoms with Crippen molar-refractivity contribution in [3.63, 3.8) is 0 Å². The van der Waals surface area contributed by atoms with Crippen LogP contribution in [0.5, 0.6) is 0 Å². The third-order valence-corrected chi connectivity index (χ3v) is 19.3. The predicted molar refractivity (Wildman–Crippen MR) is 56.6 cm³/mol. The monoisotopic (exact) mass is 482 g/mol. The van der Waals surface area contributed by atoms with Gasteiger partial charge in [0.15, 0.2) is 0 Å². The summed E-state index contributed by atoms with van der Waals surface area (Å²) in [4.78, 5) is 2.44. The van der Waals surface area contributed by atoms with Crippen molar-refractivity contribution in [3.05, 3.63) is 0 Å². The Morgan fingerprint density at radius 2 is 2.60 bits per heavy atom. The van der Waals surface area contributed by atoms with Crippen molar-refractivity contribution in [1.29, 1.82) is 0 Å². The van der Waals surface area contributed by atoms with E-state index < -0.39 is 11.9 Å². The van der Waals surface area contributed by atoms with Crippen LogP contribution in [0.1, 0.15) is 0 Å². The van der Waals surface area contributed by atoms with Crippen molar-refractivity contribution < 1.29 is 22.0 Å². The van der Waals surface area contributed by atoms with E-state index in [-0.39, 0.29) is 0 Å². The topological polar surface area (TPSA) is 21.3 Å². The summed E-state index contributed by atoms with van der Waals surface area (Å²) in [5.41, 5.74) is 0. The van der Waals surface area contributed by atoms with Crippen molar-refractivity contribution in [2.75, 3.05) is 24.7 Å². The molecule has 1 aliphatic heterocycles. The molecule has 1 heterocycles. The van der Waals surface area contributed by atoms with Gasteiger partial charge in [-0.25, -0.2) is 0 Å². The van der Waals surface area contributed by atoms with Crippen LogP contribution in [0.4, 0.5) is 0 Å². The van der Waals surface area contributed by atoms with Crippen LogP contribution in [-0.4, -0.2) is 28.7 Å². The molecule has 10 heavy (non-hydrogen) atoms. The number of hydrogen-bond acceptors (Lipinski definition) is 2. The van der Waals surface area contributed by atoms with Gasteiger partial charge in [-0.05, 0) is 0 Å². The van der Waals surface area contributed by atoms with E-state index in [0.717, 1.165) is 23.8 Å². The average Bonchev–Trinajstić information content (AvgIpc) is 1.88. The molecule has 1 rings (SSSR count). The van der Waals surface area contributed by atoms with Gasteiger partial charge in [0.2, 0.25) is 0 Å². The molecule has 0 spiro atoms. The number of ether oxygens (including phenoxy) is 1. The fourth-order valence-corrected chi connectivity index (χ4v) is 19.3. The molecule has 0 saturated carbocycles. The van der Waals surface area contributed by atoms with Crippen LogP contribution in [0.2, 0.25) is 0 Å². The second kappa shape index (κ2) is 5.70. The van der Waals surface area contributed by atoms with Crippen molar-refractivity contribution >= 4 is 30.5 Å². The van der Waals surface area contributed by atoms with Gasteiger partial charge in [0.25, 0.3) is 0 Å². The third-order valence-electron chi connectivity index (χ3n) is 1.09. The molecule has 0 aromatic heterocycles. The van der Waals surface area contributed by atoms with E-state index in [1.54, 1.807) is 0 Å². The van der Waals surface area contributed by atoms with E-state index in [9.17, 15) is 0 Å². The summed E-state index contributed by atoms with van der Waals surface area (Å²) in [5, 5.41) is 3.51. The summed E-state index contributed by atoms with van der Waals surface area (Å²) in [5.74, 6) is 0. The summed E-state index contributed by atoms with van der Waals surface area (Å²) >= 11 is 2.65. The van der Waals surface area contributed by atoms with E-state index in [1.807, 2.05) is 0 Å². The first-order valence-corrected chi connectivity index (χ1v) is 19.0. The van der Waals surface area contributed by atoms with Gasteiger partial charge in [-0.2, -0.15) is 0 Å². The Morgan fingerprint density at radius 3 is 3.10 bits per heavy atom. The van der Waals surface area contributed by atoms with Gasteiger partial charge in [0, 0.05) is 0 Å². The predicted octanol–water partition coefficient (Wildman–Crippen LogP) is -1.58. The zero-order valence-electron chi connectivity index (χ0n) is 5.74. The number of nitrogens with one attached hydrogen (secondary N) is 1. The number of rotatable bonds is 2. The molecule has 1 fully saturated rings. The maximum absolute atomic E-state index is 5.37. The molecular weight excluding hydrogens is 471 g/mol. The molecular formula is C5H11I3NO-. The van der Waals surface area contributed by atoms with Crippen molar-refractivity contribution in [2.24, 2.45) is 0 Å².